The van der Waals surface area contributed by atoms with E-state index in [1.54, 1.807) is 0 Å². The molecule has 0 radical (unpaired) electrons. The topological polar surface area (TPSA) is 0 Å². The van der Waals surface area contributed by atoms with Gasteiger partial charge in [0.1, 0.15) is 0 Å². The van der Waals surface area contributed by atoms with Crippen molar-refractivity contribution in [2.45, 2.75) is 26.2 Å². The Hall–Kier alpha value is -0.570. The van der Waals surface area contributed by atoms with Crippen LogP contribution in [0.3, 0.4) is 0 Å². The fourth-order valence-corrected chi connectivity index (χ4v) is 2.20. The lowest BCUT2D eigenvalue weighted by Crippen LogP contribution is -2.10. The average molecular weight is 310 g/mol. The van der Waals surface area contributed by atoms with Gasteiger partial charge in [0, 0.05) is 3.57 Å². The number of hydrogen-bond acceptors (Lipinski definition) is 0. The lowest BCUT2D eigenvalue weighted by atomic mass is 9.86. The van der Waals surface area contributed by atoms with Gasteiger partial charge in [-0.15, -0.1) is 0 Å². The second kappa shape index (κ2) is 3.78. The van der Waals surface area contributed by atoms with Gasteiger partial charge >= 0.3 is 0 Å². The van der Waals surface area contributed by atoms with Gasteiger partial charge in [0.05, 0.1) is 0 Å². The lowest BCUT2D eigenvalue weighted by Gasteiger charge is -2.19. The first kappa shape index (κ1) is 10.9. The van der Waals surface area contributed by atoms with E-state index < -0.39 is 0 Å². The summed E-state index contributed by atoms with van der Waals surface area (Å²) in [5.41, 5.74) is 1.63. The van der Waals surface area contributed by atoms with Gasteiger partial charge in [0.2, 0.25) is 0 Å². The smallest absolute Gasteiger partial charge is 0.0136 e. The molecule has 0 nitrogen and oxygen atoms in total. The van der Waals surface area contributed by atoms with Crippen molar-refractivity contribution >= 4 is 33.4 Å². The van der Waals surface area contributed by atoms with Gasteiger partial charge in [0.25, 0.3) is 0 Å². The Morgan fingerprint density at radius 1 is 0.867 bits per heavy atom. The second-order valence-corrected chi connectivity index (χ2v) is 6.20. The van der Waals surface area contributed by atoms with Crippen LogP contribution in [-0.4, -0.2) is 0 Å². The SMILES string of the molecule is CC(C)(C)c1ccc2ccc(I)cc2c1. The molecule has 2 aromatic rings. The van der Waals surface area contributed by atoms with E-state index in [-0.39, 0.29) is 5.41 Å². The zero-order chi connectivity index (χ0) is 11.1. The van der Waals surface area contributed by atoms with Crippen LogP contribution in [-0.2, 0) is 5.41 Å². The third-order valence-electron chi connectivity index (χ3n) is 2.67. The van der Waals surface area contributed by atoms with Crippen molar-refractivity contribution in [1.82, 2.24) is 0 Å². The summed E-state index contributed by atoms with van der Waals surface area (Å²) in [6.07, 6.45) is 0. The van der Waals surface area contributed by atoms with Gasteiger partial charge in [-0.2, -0.15) is 0 Å². The van der Waals surface area contributed by atoms with E-state index >= 15 is 0 Å². The van der Waals surface area contributed by atoms with E-state index in [4.69, 9.17) is 0 Å². The first-order valence-corrected chi connectivity index (χ1v) is 6.24. The largest absolute Gasteiger partial charge is 0.0579 e. The second-order valence-electron chi connectivity index (χ2n) is 4.96. The van der Waals surface area contributed by atoms with E-state index in [0.29, 0.717) is 0 Å². The molecule has 0 saturated heterocycles. The molecule has 0 spiro atoms. The summed E-state index contributed by atoms with van der Waals surface area (Å²) < 4.78 is 1.30. The van der Waals surface area contributed by atoms with Crippen molar-refractivity contribution in [3.8, 4) is 0 Å². The summed E-state index contributed by atoms with van der Waals surface area (Å²) >= 11 is 2.36. The molecule has 2 aromatic carbocycles. The molecule has 0 aromatic heterocycles. The summed E-state index contributed by atoms with van der Waals surface area (Å²) in [5.74, 6) is 0. The molecule has 0 aliphatic heterocycles. The van der Waals surface area contributed by atoms with Gasteiger partial charge < -0.3 is 0 Å². The van der Waals surface area contributed by atoms with Crippen molar-refractivity contribution in [3.05, 3.63) is 45.5 Å². The van der Waals surface area contributed by atoms with E-state index in [1.165, 1.54) is 19.9 Å². The Morgan fingerprint density at radius 2 is 1.53 bits per heavy atom. The van der Waals surface area contributed by atoms with Gasteiger partial charge in [-0.3, -0.25) is 0 Å². The van der Waals surface area contributed by atoms with E-state index in [1.807, 2.05) is 0 Å². The van der Waals surface area contributed by atoms with Crippen molar-refractivity contribution in [1.29, 1.82) is 0 Å². The summed E-state index contributed by atoms with van der Waals surface area (Å²) in [6.45, 7) is 6.76. The van der Waals surface area contributed by atoms with Crippen molar-refractivity contribution < 1.29 is 0 Å². The molecule has 0 saturated carbocycles. The minimum Gasteiger partial charge on any atom is -0.0579 e. The first-order chi connectivity index (χ1) is 6.97. The Balaban J connectivity index is 2.64. The van der Waals surface area contributed by atoms with E-state index in [9.17, 15) is 0 Å². The highest BCUT2D eigenvalue weighted by atomic mass is 127. The highest BCUT2D eigenvalue weighted by molar-refractivity contribution is 14.1. The molecule has 0 aliphatic carbocycles. The zero-order valence-corrected chi connectivity index (χ0v) is 11.5. The molecule has 0 N–H and O–H groups in total. The van der Waals surface area contributed by atoms with E-state index in [0.717, 1.165) is 0 Å². The Labute approximate surface area is 105 Å². The molecule has 1 heteroatoms. The van der Waals surface area contributed by atoms with Gasteiger partial charge in [-0.1, -0.05) is 45.0 Å². The number of hydrogen-bond donors (Lipinski definition) is 0. The molecule has 2 rings (SSSR count). The summed E-state index contributed by atoms with van der Waals surface area (Å²) in [7, 11) is 0. The Morgan fingerprint density at radius 3 is 2.20 bits per heavy atom. The van der Waals surface area contributed by atoms with Crippen LogP contribution in [0.5, 0.6) is 0 Å². The van der Waals surface area contributed by atoms with E-state index in [2.05, 4.69) is 79.8 Å². The first-order valence-electron chi connectivity index (χ1n) is 5.17. The summed E-state index contributed by atoms with van der Waals surface area (Å²) in [5, 5.41) is 2.66. The third kappa shape index (κ3) is 2.33. The standard InChI is InChI=1S/C14H15I/c1-14(2,3)12-6-4-10-5-7-13(15)9-11(10)8-12/h4-9H,1-3H3. The summed E-state index contributed by atoms with van der Waals surface area (Å²) in [6, 6.07) is 13.3. The van der Waals surface area contributed by atoms with Crippen molar-refractivity contribution in [3.63, 3.8) is 0 Å². The predicted molar refractivity (Wildman–Crippen MR) is 75.4 cm³/mol. The highest BCUT2D eigenvalue weighted by Gasteiger charge is 2.13. The third-order valence-corrected chi connectivity index (χ3v) is 3.34. The number of halogens is 1. The Kier molecular flexibility index (Phi) is 2.75. The molecule has 0 amide bonds. The molecule has 0 atom stereocenters. The molecule has 0 heterocycles. The highest BCUT2D eigenvalue weighted by Crippen LogP contribution is 2.26. The number of benzene rings is 2. The minimum absolute atomic E-state index is 0.232. The van der Waals surface area contributed by atoms with Crippen LogP contribution >= 0.6 is 22.6 Å². The monoisotopic (exact) mass is 310 g/mol. The molecule has 0 aliphatic rings. The van der Waals surface area contributed by atoms with Crippen LogP contribution in [0.15, 0.2) is 36.4 Å². The maximum atomic E-state index is 2.36. The molecule has 0 unspecified atom stereocenters. The molecular weight excluding hydrogens is 295 g/mol. The maximum Gasteiger partial charge on any atom is 0.0136 e. The Bertz CT molecular complexity index is 492. The van der Waals surface area contributed by atoms with Crippen molar-refractivity contribution in [2.75, 3.05) is 0 Å². The number of fused-ring (bicyclic) bond motifs is 1. The molecule has 15 heavy (non-hydrogen) atoms. The quantitative estimate of drug-likeness (QED) is 0.616. The summed E-state index contributed by atoms with van der Waals surface area (Å²) in [4.78, 5) is 0. The van der Waals surface area contributed by atoms with Crippen LogP contribution < -0.4 is 0 Å². The lowest BCUT2D eigenvalue weighted by molar-refractivity contribution is 0.591. The minimum atomic E-state index is 0.232. The predicted octanol–water partition coefficient (Wildman–Crippen LogP) is 4.74. The molecule has 0 fully saturated rings. The normalized spacial score (nSPS) is 12.0. The van der Waals surface area contributed by atoms with Crippen LogP contribution in [0.4, 0.5) is 0 Å². The zero-order valence-electron chi connectivity index (χ0n) is 9.34. The van der Waals surface area contributed by atoms with Crippen LogP contribution in [0.1, 0.15) is 26.3 Å². The van der Waals surface area contributed by atoms with Gasteiger partial charge in [-0.25, -0.2) is 0 Å². The maximum absolute atomic E-state index is 2.36. The van der Waals surface area contributed by atoms with Crippen LogP contribution in [0.2, 0.25) is 0 Å². The average Bonchev–Trinajstić information content (AvgIpc) is 2.15. The fraction of sp³-hybridized carbons (Fsp3) is 0.286. The van der Waals surface area contributed by atoms with Crippen LogP contribution in [0, 0.1) is 3.57 Å². The van der Waals surface area contributed by atoms with Crippen LogP contribution in [0.25, 0.3) is 10.8 Å². The molecular formula is C14H15I. The molecule has 78 valence electrons. The van der Waals surface area contributed by atoms with Crippen molar-refractivity contribution in [2.24, 2.45) is 0 Å². The number of rotatable bonds is 0. The fourth-order valence-electron chi connectivity index (χ4n) is 1.68. The van der Waals surface area contributed by atoms with Gasteiger partial charge in [0.15, 0.2) is 0 Å². The molecule has 0 bridgehead atoms. The van der Waals surface area contributed by atoms with Gasteiger partial charge in [-0.05, 0) is 56.5 Å².